The van der Waals surface area contributed by atoms with Gasteiger partial charge in [0.25, 0.3) is 0 Å². The largest absolute Gasteiger partial charge is 0.493 e. The molecule has 2 heterocycles. The van der Waals surface area contributed by atoms with Gasteiger partial charge in [-0.2, -0.15) is 0 Å². The van der Waals surface area contributed by atoms with Crippen LogP contribution in [0.4, 0.5) is 5.69 Å². The monoisotopic (exact) mass is 292 g/mol. The number of hydrogen-bond acceptors (Lipinski definition) is 5. The summed E-state index contributed by atoms with van der Waals surface area (Å²) in [6.07, 6.45) is 3.81. The molecule has 2 atom stereocenters. The summed E-state index contributed by atoms with van der Waals surface area (Å²) in [4.78, 5) is 2.59. The third-order valence-corrected chi connectivity index (χ3v) is 4.47. The standard InChI is InChI=1S/C16H24N2O3/c1-20-15-5-4-12(11-16(15)21-10-9-19)17-13-6-8-18-7-2-3-14(13)18/h4-5,11,13-14,17,19H,2-3,6-10H2,1H3. The highest BCUT2D eigenvalue weighted by Gasteiger charge is 2.36. The molecule has 0 spiro atoms. The van der Waals surface area contributed by atoms with Gasteiger partial charge in [0.05, 0.1) is 13.7 Å². The molecule has 2 aliphatic rings. The Morgan fingerprint density at radius 1 is 1.29 bits per heavy atom. The fourth-order valence-electron chi connectivity index (χ4n) is 3.50. The van der Waals surface area contributed by atoms with E-state index in [4.69, 9.17) is 14.6 Å². The van der Waals surface area contributed by atoms with Crippen LogP contribution < -0.4 is 14.8 Å². The maximum Gasteiger partial charge on any atom is 0.163 e. The molecule has 116 valence electrons. The Kier molecular flexibility index (Phi) is 4.51. The zero-order valence-electron chi connectivity index (χ0n) is 12.5. The number of fused-ring (bicyclic) bond motifs is 1. The SMILES string of the molecule is COc1ccc(NC2CCN3CCCC23)cc1OCCO. The van der Waals surface area contributed by atoms with Gasteiger partial charge in [0.1, 0.15) is 6.61 Å². The van der Waals surface area contributed by atoms with E-state index < -0.39 is 0 Å². The summed E-state index contributed by atoms with van der Waals surface area (Å²) in [5.74, 6) is 1.38. The second-order valence-electron chi connectivity index (χ2n) is 5.72. The number of anilines is 1. The van der Waals surface area contributed by atoms with E-state index in [1.807, 2.05) is 18.2 Å². The fourth-order valence-corrected chi connectivity index (χ4v) is 3.50. The first kappa shape index (κ1) is 14.5. The van der Waals surface area contributed by atoms with E-state index in [2.05, 4.69) is 10.2 Å². The summed E-state index contributed by atoms with van der Waals surface area (Å²) in [6.45, 7) is 2.72. The van der Waals surface area contributed by atoms with Crippen LogP contribution in [-0.4, -0.2) is 55.5 Å². The lowest BCUT2D eigenvalue weighted by atomic mass is 10.1. The van der Waals surface area contributed by atoms with Crippen LogP contribution in [0.15, 0.2) is 18.2 Å². The van der Waals surface area contributed by atoms with Gasteiger partial charge < -0.3 is 19.9 Å². The summed E-state index contributed by atoms with van der Waals surface area (Å²) in [5, 5.41) is 12.5. The van der Waals surface area contributed by atoms with E-state index in [1.165, 1.54) is 32.4 Å². The fraction of sp³-hybridized carbons (Fsp3) is 0.625. The van der Waals surface area contributed by atoms with Gasteiger partial charge in [-0.15, -0.1) is 0 Å². The van der Waals surface area contributed by atoms with Crippen molar-refractivity contribution in [2.75, 3.05) is 38.7 Å². The molecular formula is C16H24N2O3. The number of methoxy groups -OCH3 is 1. The minimum absolute atomic E-state index is 0.000466. The molecule has 2 N–H and O–H groups in total. The van der Waals surface area contributed by atoms with E-state index in [9.17, 15) is 0 Å². The number of aliphatic hydroxyl groups excluding tert-OH is 1. The molecule has 0 saturated carbocycles. The number of ether oxygens (including phenoxy) is 2. The number of hydrogen-bond donors (Lipinski definition) is 2. The number of rotatable bonds is 6. The molecule has 2 saturated heterocycles. The molecule has 5 nitrogen and oxygen atoms in total. The summed E-state index contributed by atoms with van der Waals surface area (Å²) >= 11 is 0. The molecular weight excluding hydrogens is 268 g/mol. The molecule has 0 bridgehead atoms. The second kappa shape index (κ2) is 6.54. The minimum atomic E-state index is 0.000466. The topological polar surface area (TPSA) is 54.0 Å². The van der Waals surface area contributed by atoms with Gasteiger partial charge in [0.15, 0.2) is 11.5 Å². The highest BCUT2D eigenvalue weighted by molar-refractivity contribution is 5.55. The van der Waals surface area contributed by atoms with Gasteiger partial charge in [-0.3, -0.25) is 4.90 Å². The maximum atomic E-state index is 8.91. The van der Waals surface area contributed by atoms with Crippen molar-refractivity contribution in [1.82, 2.24) is 4.90 Å². The molecule has 0 amide bonds. The van der Waals surface area contributed by atoms with Crippen molar-refractivity contribution >= 4 is 5.69 Å². The smallest absolute Gasteiger partial charge is 0.163 e. The minimum Gasteiger partial charge on any atom is -0.493 e. The lowest BCUT2D eigenvalue weighted by Gasteiger charge is -2.22. The molecule has 3 rings (SSSR count). The number of nitrogens with zero attached hydrogens (tertiary/aromatic N) is 1. The third kappa shape index (κ3) is 3.09. The van der Waals surface area contributed by atoms with Crippen LogP contribution in [0.25, 0.3) is 0 Å². The zero-order valence-corrected chi connectivity index (χ0v) is 12.5. The van der Waals surface area contributed by atoms with Gasteiger partial charge >= 0.3 is 0 Å². The van der Waals surface area contributed by atoms with Crippen molar-refractivity contribution in [3.8, 4) is 11.5 Å². The number of benzene rings is 1. The van der Waals surface area contributed by atoms with Crippen molar-refractivity contribution < 1.29 is 14.6 Å². The van der Waals surface area contributed by atoms with Crippen LogP contribution in [0.3, 0.4) is 0 Å². The van der Waals surface area contributed by atoms with E-state index in [0.29, 0.717) is 23.6 Å². The predicted molar refractivity (Wildman–Crippen MR) is 82.2 cm³/mol. The molecule has 0 aliphatic carbocycles. The van der Waals surface area contributed by atoms with Crippen LogP contribution in [0.2, 0.25) is 0 Å². The molecule has 1 aromatic rings. The van der Waals surface area contributed by atoms with E-state index in [-0.39, 0.29) is 13.2 Å². The van der Waals surface area contributed by atoms with Crippen molar-refractivity contribution in [3.05, 3.63) is 18.2 Å². The van der Waals surface area contributed by atoms with Crippen LogP contribution in [0.5, 0.6) is 11.5 Å². The molecule has 0 radical (unpaired) electrons. The third-order valence-electron chi connectivity index (χ3n) is 4.47. The van der Waals surface area contributed by atoms with Gasteiger partial charge in [-0.05, 0) is 37.9 Å². The number of nitrogens with one attached hydrogen (secondary N) is 1. The Bertz CT molecular complexity index is 481. The van der Waals surface area contributed by atoms with Crippen LogP contribution in [-0.2, 0) is 0 Å². The normalized spacial score (nSPS) is 24.9. The molecule has 21 heavy (non-hydrogen) atoms. The quantitative estimate of drug-likeness (QED) is 0.836. The van der Waals surface area contributed by atoms with Crippen LogP contribution in [0, 0.1) is 0 Å². The van der Waals surface area contributed by atoms with Crippen molar-refractivity contribution in [2.45, 2.75) is 31.3 Å². The number of aliphatic hydroxyl groups is 1. The molecule has 5 heteroatoms. The van der Waals surface area contributed by atoms with Crippen LogP contribution in [0.1, 0.15) is 19.3 Å². The summed E-state index contributed by atoms with van der Waals surface area (Å²) in [7, 11) is 1.63. The molecule has 2 unspecified atom stereocenters. The van der Waals surface area contributed by atoms with Crippen molar-refractivity contribution in [3.63, 3.8) is 0 Å². The lowest BCUT2D eigenvalue weighted by Crippen LogP contribution is -2.33. The average Bonchev–Trinajstić information content (AvgIpc) is 3.10. The summed E-state index contributed by atoms with van der Waals surface area (Å²) in [5.41, 5.74) is 1.06. The Balaban J connectivity index is 1.70. The first-order valence-electron chi connectivity index (χ1n) is 7.74. The molecule has 2 fully saturated rings. The Morgan fingerprint density at radius 2 is 2.19 bits per heavy atom. The Hall–Kier alpha value is -1.46. The predicted octanol–water partition coefficient (Wildman–Crippen LogP) is 1.71. The highest BCUT2D eigenvalue weighted by Crippen LogP contribution is 2.33. The molecule has 0 aromatic heterocycles. The lowest BCUT2D eigenvalue weighted by molar-refractivity contribution is 0.196. The van der Waals surface area contributed by atoms with Crippen LogP contribution >= 0.6 is 0 Å². The molecule has 1 aromatic carbocycles. The highest BCUT2D eigenvalue weighted by atomic mass is 16.5. The summed E-state index contributed by atoms with van der Waals surface area (Å²) < 4.78 is 10.8. The molecule has 2 aliphatic heterocycles. The van der Waals surface area contributed by atoms with Gasteiger partial charge in [0.2, 0.25) is 0 Å². The first-order chi connectivity index (χ1) is 10.3. The first-order valence-corrected chi connectivity index (χ1v) is 7.74. The second-order valence-corrected chi connectivity index (χ2v) is 5.72. The average molecular weight is 292 g/mol. The summed E-state index contributed by atoms with van der Waals surface area (Å²) in [6, 6.07) is 7.10. The van der Waals surface area contributed by atoms with E-state index >= 15 is 0 Å². The Morgan fingerprint density at radius 3 is 3.00 bits per heavy atom. The maximum absolute atomic E-state index is 8.91. The van der Waals surface area contributed by atoms with Crippen molar-refractivity contribution in [2.24, 2.45) is 0 Å². The Labute approximate surface area is 125 Å². The van der Waals surface area contributed by atoms with Gasteiger partial charge in [-0.1, -0.05) is 0 Å². The van der Waals surface area contributed by atoms with Crippen molar-refractivity contribution in [1.29, 1.82) is 0 Å². The van der Waals surface area contributed by atoms with Gasteiger partial charge in [0, 0.05) is 30.4 Å². The van der Waals surface area contributed by atoms with E-state index in [1.54, 1.807) is 7.11 Å². The van der Waals surface area contributed by atoms with Gasteiger partial charge in [-0.25, -0.2) is 0 Å². The zero-order chi connectivity index (χ0) is 14.7. The van der Waals surface area contributed by atoms with E-state index in [0.717, 1.165) is 5.69 Å².